The van der Waals surface area contributed by atoms with E-state index in [9.17, 15) is 8.78 Å². The second-order valence-electron chi connectivity index (χ2n) is 3.07. The zero-order valence-electron chi connectivity index (χ0n) is 8.35. The minimum Gasteiger partial charge on any atom is -0.205 e. The smallest absolute Gasteiger partial charge is 0.205 e. The van der Waals surface area contributed by atoms with Crippen LogP contribution in [0.15, 0.2) is 36.0 Å². The number of hydrogen-bond acceptors (Lipinski definition) is 0. The van der Waals surface area contributed by atoms with Crippen LogP contribution in [0.5, 0.6) is 0 Å². The summed E-state index contributed by atoms with van der Waals surface area (Å²) in [7, 11) is 0. The van der Waals surface area contributed by atoms with Gasteiger partial charge in [0.05, 0.1) is 0 Å². The Hall–Kier alpha value is -0.920. The molecule has 0 saturated heterocycles. The number of halogens is 2. The molecule has 0 bridgehead atoms. The first-order valence-electron chi connectivity index (χ1n) is 4.31. The molecule has 0 rings (SSSR count). The minimum absolute atomic E-state index is 0.0353. The molecule has 0 saturated carbocycles. The first-order chi connectivity index (χ1) is 6.04. The Kier molecular flexibility index (Phi) is 5.28. The van der Waals surface area contributed by atoms with E-state index >= 15 is 0 Å². The van der Waals surface area contributed by atoms with E-state index in [1.54, 1.807) is 12.2 Å². The van der Waals surface area contributed by atoms with Crippen molar-refractivity contribution in [3.63, 3.8) is 0 Å². The van der Waals surface area contributed by atoms with Crippen LogP contribution in [0.2, 0.25) is 0 Å². The lowest BCUT2D eigenvalue weighted by molar-refractivity contribution is 0.192. The molecule has 0 unspecified atom stereocenters. The molecule has 74 valence electrons. The average molecular weight is 186 g/mol. The summed E-state index contributed by atoms with van der Waals surface area (Å²) in [6, 6.07) is 0. The van der Waals surface area contributed by atoms with Crippen molar-refractivity contribution >= 4 is 0 Å². The highest BCUT2D eigenvalue weighted by Crippen LogP contribution is 2.22. The lowest BCUT2D eigenvalue weighted by Crippen LogP contribution is -2.02. The number of hydrogen-bond donors (Lipinski definition) is 0. The molecule has 0 aromatic heterocycles. The van der Waals surface area contributed by atoms with E-state index in [-0.39, 0.29) is 11.5 Å². The summed E-state index contributed by atoms with van der Waals surface area (Å²) in [4.78, 5) is 0. The molecule has 0 fully saturated rings. The standard InChI is InChI=1S/C11H16F2/c1-5-7-10(8(3)4)9(6-2)11(12)13/h5-8,11H,2H2,1,3-4H3/b7-5-,10-9-. The van der Waals surface area contributed by atoms with Gasteiger partial charge in [-0.15, -0.1) is 0 Å². The third kappa shape index (κ3) is 3.53. The molecule has 0 aromatic rings. The third-order valence-corrected chi connectivity index (χ3v) is 1.76. The Balaban J connectivity index is 5.12. The highest BCUT2D eigenvalue weighted by Gasteiger charge is 2.13. The van der Waals surface area contributed by atoms with Crippen LogP contribution in [-0.2, 0) is 0 Å². The Bertz CT molecular complexity index is 222. The fourth-order valence-corrected chi connectivity index (χ4v) is 1.13. The number of rotatable bonds is 4. The van der Waals surface area contributed by atoms with Crippen LogP contribution in [0, 0.1) is 5.92 Å². The van der Waals surface area contributed by atoms with Crippen LogP contribution >= 0.6 is 0 Å². The fraction of sp³-hybridized carbons (Fsp3) is 0.455. The van der Waals surface area contributed by atoms with Gasteiger partial charge in [-0.05, 0) is 18.4 Å². The highest BCUT2D eigenvalue weighted by atomic mass is 19.3. The SMILES string of the molecule is C=C/C(=C(\C=C/C)C(C)C)C(F)F. The maximum atomic E-state index is 12.5. The van der Waals surface area contributed by atoms with Crippen LogP contribution in [0.25, 0.3) is 0 Å². The summed E-state index contributed by atoms with van der Waals surface area (Å²) in [6.07, 6.45) is 2.28. The Morgan fingerprint density at radius 2 is 1.77 bits per heavy atom. The van der Waals surface area contributed by atoms with Crippen molar-refractivity contribution in [3.05, 3.63) is 36.0 Å². The molecular weight excluding hydrogens is 170 g/mol. The van der Waals surface area contributed by atoms with E-state index in [1.165, 1.54) is 6.08 Å². The van der Waals surface area contributed by atoms with Gasteiger partial charge in [0.2, 0.25) is 0 Å². The summed E-state index contributed by atoms with van der Waals surface area (Å²) in [6.45, 7) is 8.99. The molecule has 0 radical (unpaired) electrons. The molecule has 0 spiro atoms. The summed E-state index contributed by atoms with van der Waals surface area (Å²) >= 11 is 0. The monoisotopic (exact) mass is 186 g/mol. The molecule has 2 heteroatoms. The van der Waals surface area contributed by atoms with E-state index in [1.807, 2.05) is 20.8 Å². The fourth-order valence-electron chi connectivity index (χ4n) is 1.13. The van der Waals surface area contributed by atoms with Crippen LogP contribution in [-0.4, -0.2) is 6.43 Å². The average Bonchev–Trinajstić information content (AvgIpc) is 2.03. The van der Waals surface area contributed by atoms with E-state index in [2.05, 4.69) is 6.58 Å². The molecule has 0 aliphatic heterocycles. The molecule has 0 aliphatic carbocycles. The predicted molar refractivity (Wildman–Crippen MR) is 52.9 cm³/mol. The summed E-state index contributed by atoms with van der Waals surface area (Å²) in [5.74, 6) is 0.0956. The molecule has 13 heavy (non-hydrogen) atoms. The van der Waals surface area contributed by atoms with Crippen molar-refractivity contribution in [2.24, 2.45) is 5.92 Å². The Morgan fingerprint density at radius 3 is 2.00 bits per heavy atom. The number of allylic oxidation sites excluding steroid dienone is 5. The van der Waals surface area contributed by atoms with Gasteiger partial charge >= 0.3 is 0 Å². The molecule has 0 heterocycles. The zero-order valence-corrected chi connectivity index (χ0v) is 8.35. The van der Waals surface area contributed by atoms with Gasteiger partial charge in [0.15, 0.2) is 0 Å². The third-order valence-electron chi connectivity index (χ3n) is 1.76. The molecule has 0 amide bonds. The van der Waals surface area contributed by atoms with E-state index in [0.717, 1.165) is 0 Å². The largest absolute Gasteiger partial charge is 0.264 e. The summed E-state index contributed by atoms with van der Waals surface area (Å²) < 4.78 is 24.9. The van der Waals surface area contributed by atoms with Gasteiger partial charge < -0.3 is 0 Å². The second-order valence-corrected chi connectivity index (χ2v) is 3.07. The summed E-state index contributed by atoms with van der Waals surface area (Å²) in [5.41, 5.74) is 0.695. The molecule has 0 aromatic carbocycles. The van der Waals surface area contributed by atoms with Crippen molar-refractivity contribution < 1.29 is 8.78 Å². The van der Waals surface area contributed by atoms with E-state index in [0.29, 0.717) is 5.57 Å². The van der Waals surface area contributed by atoms with Crippen molar-refractivity contribution in [1.29, 1.82) is 0 Å². The highest BCUT2D eigenvalue weighted by molar-refractivity contribution is 5.34. The molecule has 0 nitrogen and oxygen atoms in total. The van der Waals surface area contributed by atoms with Crippen molar-refractivity contribution in [1.82, 2.24) is 0 Å². The van der Waals surface area contributed by atoms with Gasteiger partial charge in [-0.1, -0.05) is 38.7 Å². The van der Waals surface area contributed by atoms with E-state index in [4.69, 9.17) is 0 Å². The lowest BCUT2D eigenvalue weighted by atomic mass is 9.97. The van der Waals surface area contributed by atoms with Gasteiger partial charge in [0, 0.05) is 5.57 Å². The minimum atomic E-state index is -2.44. The summed E-state index contributed by atoms with van der Waals surface area (Å²) in [5, 5.41) is 0. The lowest BCUT2D eigenvalue weighted by Gasteiger charge is -2.11. The van der Waals surface area contributed by atoms with Crippen molar-refractivity contribution in [2.45, 2.75) is 27.2 Å². The maximum absolute atomic E-state index is 12.5. The van der Waals surface area contributed by atoms with Crippen LogP contribution in [0.4, 0.5) is 8.78 Å². The zero-order chi connectivity index (χ0) is 10.4. The van der Waals surface area contributed by atoms with Crippen LogP contribution in [0.3, 0.4) is 0 Å². The van der Waals surface area contributed by atoms with Crippen molar-refractivity contribution in [2.75, 3.05) is 0 Å². The topological polar surface area (TPSA) is 0 Å². The molecular formula is C11H16F2. The van der Waals surface area contributed by atoms with Crippen LogP contribution in [0.1, 0.15) is 20.8 Å². The van der Waals surface area contributed by atoms with Gasteiger partial charge in [-0.3, -0.25) is 0 Å². The second kappa shape index (κ2) is 5.68. The molecule has 0 atom stereocenters. The van der Waals surface area contributed by atoms with Gasteiger partial charge in [-0.25, -0.2) is 8.78 Å². The first-order valence-corrected chi connectivity index (χ1v) is 4.31. The Labute approximate surface area is 78.7 Å². The normalized spacial score (nSPS) is 14.1. The van der Waals surface area contributed by atoms with Gasteiger partial charge in [0.1, 0.15) is 0 Å². The molecule has 0 N–H and O–H groups in total. The van der Waals surface area contributed by atoms with E-state index < -0.39 is 6.43 Å². The molecule has 0 aliphatic rings. The maximum Gasteiger partial charge on any atom is 0.264 e. The van der Waals surface area contributed by atoms with Crippen molar-refractivity contribution in [3.8, 4) is 0 Å². The van der Waals surface area contributed by atoms with Gasteiger partial charge in [-0.2, -0.15) is 0 Å². The predicted octanol–water partition coefficient (Wildman–Crippen LogP) is 3.97. The van der Waals surface area contributed by atoms with Gasteiger partial charge in [0.25, 0.3) is 6.43 Å². The van der Waals surface area contributed by atoms with Crippen LogP contribution < -0.4 is 0 Å². The first kappa shape index (κ1) is 12.1. The number of alkyl halides is 2. The Morgan fingerprint density at radius 1 is 1.23 bits per heavy atom. The quantitative estimate of drug-likeness (QED) is 0.583.